The highest BCUT2D eigenvalue weighted by Crippen LogP contribution is 2.31. The molecule has 0 bridgehead atoms. The van der Waals surface area contributed by atoms with E-state index in [-0.39, 0.29) is 6.04 Å². The summed E-state index contributed by atoms with van der Waals surface area (Å²) in [5.74, 6) is 0.978. The van der Waals surface area contributed by atoms with Crippen LogP contribution in [0.25, 0.3) is 0 Å². The molecule has 1 unspecified atom stereocenters. The predicted octanol–water partition coefficient (Wildman–Crippen LogP) is 0.800. The standard InChI is InChI=1S/C13H18N2O2S/c14-12-6-10-5-11(8-15-13(10)7-12)9-1-3-18(16,17)4-2-9/h5,8-9,12H,1-4,6-7,14H2. The number of pyridine rings is 1. The Balaban J connectivity index is 1.80. The summed E-state index contributed by atoms with van der Waals surface area (Å²) in [5.41, 5.74) is 9.50. The average molecular weight is 266 g/mol. The number of fused-ring (bicyclic) bond motifs is 1. The van der Waals surface area contributed by atoms with Gasteiger partial charge < -0.3 is 5.73 Å². The Kier molecular flexibility index (Phi) is 2.90. The van der Waals surface area contributed by atoms with E-state index in [0.29, 0.717) is 17.4 Å². The largest absolute Gasteiger partial charge is 0.327 e. The number of rotatable bonds is 1. The highest BCUT2D eigenvalue weighted by atomic mass is 32.2. The van der Waals surface area contributed by atoms with E-state index >= 15 is 0 Å². The maximum atomic E-state index is 11.4. The van der Waals surface area contributed by atoms with Crippen LogP contribution in [0.4, 0.5) is 0 Å². The van der Waals surface area contributed by atoms with E-state index in [1.165, 1.54) is 11.1 Å². The lowest BCUT2D eigenvalue weighted by atomic mass is 9.93. The number of nitrogens with zero attached hydrogens (tertiary/aromatic N) is 1. The Labute approximate surface area is 108 Å². The van der Waals surface area contributed by atoms with Gasteiger partial charge in [0, 0.05) is 24.4 Å². The first-order valence-corrected chi connectivity index (χ1v) is 8.29. The molecular weight excluding hydrogens is 248 g/mol. The molecule has 1 atom stereocenters. The van der Waals surface area contributed by atoms with Gasteiger partial charge in [-0.05, 0) is 36.3 Å². The number of hydrogen-bond acceptors (Lipinski definition) is 4. The van der Waals surface area contributed by atoms with Crippen LogP contribution < -0.4 is 5.73 Å². The smallest absolute Gasteiger partial charge is 0.150 e. The van der Waals surface area contributed by atoms with Crippen molar-refractivity contribution in [3.63, 3.8) is 0 Å². The first-order chi connectivity index (χ1) is 8.53. The van der Waals surface area contributed by atoms with E-state index < -0.39 is 9.84 Å². The van der Waals surface area contributed by atoms with Crippen LogP contribution in [0.5, 0.6) is 0 Å². The van der Waals surface area contributed by atoms with Crippen molar-refractivity contribution in [2.45, 2.75) is 37.6 Å². The Hall–Kier alpha value is -0.940. The molecule has 1 aliphatic heterocycles. The third kappa shape index (κ3) is 2.29. The lowest BCUT2D eigenvalue weighted by molar-refractivity contribution is 0.549. The quantitative estimate of drug-likeness (QED) is 0.816. The normalized spacial score (nSPS) is 27.1. The van der Waals surface area contributed by atoms with E-state index in [0.717, 1.165) is 31.4 Å². The second kappa shape index (κ2) is 4.31. The van der Waals surface area contributed by atoms with Gasteiger partial charge in [-0.25, -0.2) is 8.42 Å². The fourth-order valence-electron chi connectivity index (χ4n) is 2.97. The molecule has 0 aromatic carbocycles. The molecule has 4 nitrogen and oxygen atoms in total. The molecule has 98 valence electrons. The van der Waals surface area contributed by atoms with Gasteiger partial charge in [-0.1, -0.05) is 6.07 Å². The van der Waals surface area contributed by atoms with E-state index in [1.807, 2.05) is 6.20 Å². The summed E-state index contributed by atoms with van der Waals surface area (Å²) in [4.78, 5) is 4.49. The summed E-state index contributed by atoms with van der Waals surface area (Å²) >= 11 is 0. The van der Waals surface area contributed by atoms with Gasteiger partial charge in [0.05, 0.1) is 11.5 Å². The summed E-state index contributed by atoms with van der Waals surface area (Å²) < 4.78 is 22.9. The Bertz CT molecular complexity index is 554. The molecule has 0 saturated carbocycles. The topological polar surface area (TPSA) is 73.1 Å². The highest BCUT2D eigenvalue weighted by Gasteiger charge is 2.26. The maximum Gasteiger partial charge on any atom is 0.150 e. The maximum absolute atomic E-state index is 11.4. The Morgan fingerprint density at radius 2 is 1.94 bits per heavy atom. The zero-order valence-corrected chi connectivity index (χ0v) is 11.1. The van der Waals surface area contributed by atoms with Crippen molar-refractivity contribution in [1.82, 2.24) is 4.98 Å². The van der Waals surface area contributed by atoms with E-state index in [1.54, 1.807) is 0 Å². The zero-order valence-electron chi connectivity index (χ0n) is 10.3. The van der Waals surface area contributed by atoms with Crippen LogP contribution in [0, 0.1) is 0 Å². The predicted molar refractivity (Wildman–Crippen MR) is 70.2 cm³/mol. The molecule has 1 fully saturated rings. The van der Waals surface area contributed by atoms with Crippen molar-refractivity contribution >= 4 is 9.84 Å². The molecule has 0 amide bonds. The molecule has 1 saturated heterocycles. The molecule has 0 spiro atoms. The molecule has 2 N–H and O–H groups in total. The first kappa shape index (κ1) is 12.1. The van der Waals surface area contributed by atoms with Gasteiger partial charge in [-0.2, -0.15) is 0 Å². The SMILES string of the molecule is NC1Cc2cc(C3CCS(=O)(=O)CC3)cnc2C1. The Morgan fingerprint density at radius 1 is 1.22 bits per heavy atom. The third-order valence-corrected chi connectivity index (χ3v) is 5.76. The fourth-order valence-corrected chi connectivity index (χ4v) is 4.46. The van der Waals surface area contributed by atoms with Crippen LogP contribution in [0.1, 0.15) is 35.6 Å². The van der Waals surface area contributed by atoms with Crippen LogP contribution in [0.15, 0.2) is 12.3 Å². The second-order valence-corrected chi connectivity index (χ2v) is 7.77. The minimum absolute atomic E-state index is 0.203. The van der Waals surface area contributed by atoms with E-state index in [2.05, 4.69) is 11.1 Å². The van der Waals surface area contributed by atoms with Crippen molar-refractivity contribution in [2.24, 2.45) is 5.73 Å². The first-order valence-electron chi connectivity index (χ1n) is 6.47. The summed E-state index contributed by atoms with van der Waals surface area (Å²) in [6.45, 7) is 0. The van der Waals surface area contributed by atoms with Gasteiger partial charge in [0.15, 0.2) is 0 Å². The molecule has 1 aromatic heterocycles. The van der Waals surface area contributed by atoms with Gasteiger partial charge in [-0.3, -0.25) is 4.98 Å². The van der Waals surface area contributed by atoms with Crippen LogP contribution >= 0.6 is 0 Å². The molecular formula is C13H18N2O2S. The fraction of sp³-hybridized carbons (Fsp3) is 0.615. The van der Waals surface area contributed by atoms with Crippen molar-refractivity contribution in [2.75, 3.05) is 11.5 Å². The average Bonchev–Trinajstić information content (AvgIpc) is 2.68. The molecule has 1 aromatic rings. The van der Waals surface area contributed by atoms with Gasteiger partial charge in [-0.15, -0.1) is 0 Å². The molecule has 2 heterocycles. The number of nitrogens with two attached hydrogens (primary N) is 1. The molecule has 0 radical (unpaired) electrons. The van der Waals surface area contributed by atoms with Crippen LogP contribution in [-0.4, -0.2) is 30.9 Å². The van der Waals surface area contributed by atoms with E-state index in [4.69, 9.17) is 5.73 Å². The van der Waals surface area contributed by atoms with Gasteiger partial charge in [0.25, 0.3) is 0 Å². The van der Waals surface area contributed by atoms with Crippen LogP contribution in [0.2, 0.25) is 0 Å². The molecule has 1 aliphatic carbocycles. The van der Waals surface area contributed by atoms with Crippen molar-refractivity contribution in [1.29, 1.82) is 0 Å². The number of sulfone groups is 1. The highest BCUT2D eigenvalue weighted by molar-refractivity contribution is 7.91. The van der Waals surface area contributed by atoms with Crippen molar-refractivity contribution in [3.8, 4) is 0 Å². The second-order valence-electron chi connectivity index (χ2n) is 5.47. The van der Waals surface area contributed by atoms with Crippen molar-refractivity contribution in [3.05, 3.63) is 29.1 Å². The van der Waals surface area contributed by atoms with Gasteiger partial charge in [0.1, 0.15) is 9.84 Å². The van der Waals surface area contributed by atoms with E-state index in [9.17, 15) is 8.42 Å². The summed E-state index contributed by atoms with van der Waals surface area (Å²) in [5, 5.41) is 0. The van der Waals surface area contributed by atoms with Gasteiger partial charge >= 0.3 is 0 Å². The lowest BCUT2D eigenvalue weighted by Crippen LogP contribution is -2.22. The lowest BCUT2D eigenvalue weighted by Gasteiger charge is -2.22. The van der Waals surface area contributed by atoms with Crippen LogP contribution in [0.3, 0.4) is 0 Å². The van der Waals surface area contributed by atoms with Gasteiger partial charge in [0.2, 0.25) is 0 Å². The summed E-state index contributed by atoms with van der Waals surface area (Å²) in [6.07, 6.45) is 5.15. The summed E-state index contributed by atoms with van der Waals surface area (Å²) in [6, 6.07) is 2.40. The molecule has 5 heteroatoms. The molecule has 18 heavy (non-hydrogen) atoms. The third-order valence-electron chi connectivity index (χ3n) is 4.04. The van der Waals surface area contributed by atoms with Crippen molar-refractivity contribution < 1.29 is 8.42 Å². The Morgan fingerprint density at radius 3 is 2.67 bits per heavy atom. The molecule has 2 aliphatic rings. The minimum Gasteiger partial charge on any atom is -0.327 e. The summed E-state index contributed by atoms with van der Waals surface area (Å²) in [7, 11) is -2.78. The number of aromatic nitrogens is 1. The zero-order chi connectivity index (χ0) is 12.8. The monoisotopic (exact) mass is 266 g/mol. The number of hydrogen-bond donors (Lipinski definition) is 1. The minimum atomic E-state index is -2.78. The van der Waals surface area contributed by atoms with Crippen LogP contribution in [-0.2, 0) is 22.7 Å². The molecule has 3 rings (SSSR count).